The Morgan fingerprint density at radius 3 is 2.70 bits per heavy atom. The molecule has 2 aromatic rings. The van der Waals surface area contributed by atoms with Crippen molar-refractivity contribution in [1.82, 2.24) is 9.38 Å². The Morgan fingerprint density at radius 1 is 1.30 bits per heavy atom. The molecule has 0 saturated carbocycles. The average molecular weight is 273 g/mol. The first kappa shape index (κ1) is 13.4. The third kappa shape index (κ3) is 2.18. The third-order valence-corrected chi connectivity index (χ3v) is 4.88. The van der Waals surface area contributed by atoms with Gasteiger partial charge in [0.2, 0.25) is 0 Å². The van der Waals surface area contributed by atoms with Crippen LogP contribution in [0.15, 0.2) is 24.4 Å². The molecule has 1 fully saturated rings. The Hall–Kier alpha value is -1.55. The van der Waals surface area contributed by atoms with Crippen LogP contribution in [0.5, 0.6) is 0 Å². The van der Waals surface area contributed by atoms with Gasteiger partial charge in [0, 0.05) is 19.3 Å². The van der Waals surface area contributed by atoms with Crippen molar-refractivity contribution in [3.05, 3.63) is 30.1 Å². The molecule has 0 radical (unpaired) electrons. The summed E-state index contributed by atoms with van der Waals surface area (Å²) in [5, 5.41) is 9.70. The zero-order valence-corrected chi connectivity index (χ0v) is 12.3. The van der Waals surface area contributed by atoms with E-state index >= 15 is 0 Å². The van der Waals surface area contributed by atoms with Crippen LogP contribution in [0.1, 0.15) is 38.8 Å². The molecule has 1 saturated heterocycles. The second-order valence-electron chi connectivity index (χ2n) is 6.12. The highest BCUT2D eigenvalue weighted by Crippen LogP contribution is 2.36. The molecule has 4 nitrogen and oxygen atoms in total. The number of fused-ring (bicyclic) bond motifs is 1. The maximum Gasteiger partial charge on any atom is 0.153 e. The van der Waals surface area contributed by atoms with Gasteiger partial charge >= 0.3 is 0 Å². The van der Waals surface area contributed by atoms with E-state index in [2.05, 4.69) is 18.7 Å². The van der Waals surface area contributed by atoms with E-state index in [1.165, 1.54) is 19.3 Å². The number of rotatable bonds is 3. The van der Waals surface area contributed by atoms with Crippen LogP contribution in [0.2, 0.25) is 0 Å². The lowest BCUT2D eigenvalue weighted by Crippen LogP contribution is -2.39. The van der Waals surface area contributed by atoms with E-state index in [1.807, 2.05) is 28.8 Å². The van der Waals surface area contributed by atoms with Crippen LogP contribution in [0.3, 0.4) is 0 Å². The lowest BCUT2D eigenvalue weighted by Gasteiger charge is -2.39. The fourth-order valence-corrected chi connectivity index (χ4v) is 3.05. The van der Waals surface area contributed by atoms with Crippen LogP contribution in [0, 0.1) is 5.41 Å². The van der Waals surface area contributed by atoms with Crippen LogP contribution in [0.4, 0.5) is 5.82 Å². The second-order valence-corrected chi connectivity index (χ2v) is 6.12. The zero-order valence-electron chi connectivity index (χ0n) is 12.3. The Labute approximate surface area is 120 Å². The molecule has 108 valence electrons. The number of anilines is 1. The lowest BCUT2D eigenvalue weighted by atomic mass is 9.78. The Kier molecular flexibility index (Phi) is 3.42. The monoisotopic (exact) mass is 273 g/mol. The molecule has 3 heterocycles. The molecule has 3 rings (SSSR count). The normalized spacial score (nSPS) is 18.6. The predicted molar refractivity (Wildman–Crippen MR) is 81.0 cm³/mol. The number of nitrogens with zero attached hydrogens (tertiary/aromatic N) is 3. The van der Waals surface area contributed by atoms with Crippen LogP contribution >= 0.6 is 0 Å². The summed E-state index contributed by atoms with van der Waals surface area (Å²) in [5.74, 6) is 0.955. The average Bonchev–Trinajstić information content (AvgIpc) is 2.86. The van der Waals surface area contributed by atoms with E-state index in [0.717, 1.165) is 30.2 Å². The summed E-state index contributed by atoms with van der Waals surface area (Å²) in [6, 6.07) is 5.95. The van der Waals surface area contributed by atoms with E-state index in [9.17, 15) is 5.11 Å². The number of aromatic nitrogens is 2. The summed E-state index contributed by atoms with van der Waals surface area (Å²) in [7, 11) is 0. The first-order chi connectivity index (χ1) is 9.67. The molecule has 1 aliphatic heterocycles. The van der Waals surface area contributed by atoms with E-state index in [0.29, 0.717) is 5.41 Å². The minimum atomic E-state index is 0.0298. The third-order valence-electron chi connectivity index (χ3n) is 4.88. The van der Waals surface area contributed by atoms with Gasteiger partial charge in [-0.25, -0.2) is 4.98 Å². The Morgan fingerprint density at radius 2 is 2.05 bits per heavy atom. The van der Waals surface area contributed by atoms with Crippen LogP contribution in [-0.4, -0.2) is 27.6 Å². The number of aliphatic hydroxyl groups excluding tert-OH is 1. The zero-order chi connectivity index (χ0) is 14.2. The second kappa shape index (κ2) is 5.09. The highest BCUT2D eigenvalue weighted by atomic mass is 16.3. The van der Waals surface area contributed by atoms with Gasteiger partial charge in [-0.1, -0.05) is 26.3 Å². The first-order valence-corrected chi connectivity index (χ1v) is 7.48. The van der Waals surface area contributed by atoms with Crippen molar-refractivity contribution in [2.45, 2.75) is 39.7 Å². The van der Waals surface area contributed by atoms with E-state index < -0.39 is 0 Å². The quantitative estimate of drug-likeness (QED) is 0.935. The molecule has 0 bridgehead atoms. The van der Waals surface area contributed by atoms with Crippen molar-refractivity contribution in [2.24, 2.45) is 5.41 Å². The summed E-state index contributed by atoms with van der Waals surface area (Å²) < 4.78 is 1.99. The number of piperidine rings is 1. The molecule has 0 aliphatic carbocycles. The molecule has 4 heteroatoms. The van der Waals surface area contributed by atoms with Gasteiger partial charge in [0.05, 0.1) is 12.3 Å². The summed E-state index contributed by atoms with van der Waals surface area (Å²) in [6.07, 6.45) is 5.60. The van der Waals surface area contributed by atoms with Crippen molar-refractivity contribution in [1.29, 1.82) is 0 Å². The SMILES string of the molecule is CCC1(C)CCN(c2nc3ccccn3c2CO)CC1. The number of aliphatic hydroxyl groups is 1. The van der Waals surface area contributed by atoms with Crippen molar-refractivity contribution < 1.29 is 5.11 Å². The molecule has 1 N–H and O–H groups in total. The molecule has 2 aromatic heterocycles. The smallest absolute Gasteiger partial charge is 0.153 e. The number of imidazole rings is 1. The van der Waals surface area contributed by atoms with E-state index in [1.54, 1.807) is 0 Å². The highest BCUT2D eigenvalue weighted by Gasteiger charge is 2.30. The molecule has 1 aliphatic rings. The molecule has 20 heavy (non-hydrogen) atoms. The summed E-state index contributed by atoms with van der Waals surface area (Å²) >= 11 is 0. The van der Waals surface area contributed by atoms with Gasteiger partial charge in [0.15, 0.2) is 5.82 Å². The summed E-state index contributed by atoms with van der Waals surface area (Å²) in [4.78, 5) is 7.04. The van der Waals surface area contributed by atoms with Crippen molar-refractivity contribution in [3.63, 3.8) is 0 Å². The van der Waals surface area contributed by atoms with Crippen LogP contribution in [0.25, 0.3) is 5.65 Å². The van der Waals surface area contributed by atoms with Gasteiger partial charge in [-0.15, -0.1) is 0 Å². The minimum Gasteiger partial charge on any atom is -0.390 e. The maximum absolute atomic E-state index is 9.70. The first-order valence-electron chi connectivity index (χ1n) is 7.48. The molecule has 0 aromatic carbocycles. The fraction of sp³-hybridized carbons (Fsp3) is 0.562. The van der Waals surface area contributed by atoms with Crippen molar-refractivity contribution >= 4 is 11.5 Å². The van der Waals surface area contributed by atoms with Crippen molar-refractivity contribution in [3.8, 4) is 0 Å². The van der Waals surface area contributed by atoms with E-state index in [4.69, 9.17) is 4.98 Å². The highest BCUT2D eigenvalue weighted by molar-refractivity contribution is 5.56. The number of pyridine rings is 1. The van der Waals surface area contributed by atoms with Gasteiger partial charge in [-0.05, 0) is 30.4 Å². The molecule has 0 atom stereocenters. The Balaban J connectivity index is 1.91. The minimum absolute atomic E-state index is 0.0298. The summed E-state index contributed by atoms with van der Waals surface area (Å²) in [5.41, 5.74) is 2.28. The van der Waals surface area contributed by atoms with Gasteiger partial charge < -0.3 is 10.0 Å². The van der Waals surface area contributed by atoms with E-state index in [-0.39, 0.29) is 6.61 Å². The van der Waals surface area contributed by atoms with Gasteiger partial charge in [-0.3, -0.25) is 4.40 Å². The summed E-state index contributed by atoms with van der Waals surface area (Å²) in [6.45, 7) is 6.74. The molecule has 0 amide bonds. The number of hydrogen-bond donors (Lipinski definition) is 1. The van der Waals surface area contributed by atoms with Gasteiger partial charge in [-0.2, -0.15) is 0 Å². The standard InChI is InChI=1S/C16H23N3O/c1-3-16(2)7-10-18(11-8-16)15-13(12-20)19-9-5-4-6-14(19)17-15/h4-6,9,20H,3,7-8,10-12H2,1-2H3. The molecule has 0 unspecified atom stereocenters. The van der Waals surface area contributed by atoms with Gasteiger partial charge in [0.1, 0.15) is 5.65 Å². The Bertz CT molecular complexity index is 597. The fourth-order valence-electron chi connectivity index (χ4n) is 3.05. The topological polar surface area (TPSA) is 40.8 Å². The number of hydrogen-bond acceptors (Lipinski definition) is 3. The maximum atomic E-state index is 9.70. The predicted octanol–water partition coefficient (Wildman–Crippen LogP) is 2.84. The lowest BCUT2D eigenvalue weighted by molar-refractivity contribution is 0.236. The largest absolute Gasteiger partial charge is 0.390 e. The van der Waals surface area contributed by atoms with Crippen LogP contribution < -0.4 is 4.90 Å². The molecular formula is C16H23N3O. The molecular weight excluding hydrogens is 250 g/mol. The molecule has 0 spiro atoms. The van der Waals surface area contributed by atoms with Gasteiger partial charge in [0.25, 0.3) is 0 Å². The van der Waals surface area contributed by atoms with Crippen LogP contribution in [-0.2, 0) is 6.61 Å². The van der Waals surface area contributed by atoms with Crippen molar-refractivity contribution in [2.75, 3.05) is 18.0 Å².